The second kappa shape index (κ2) is 12.5. The fraction of sp³-hybridized carbons (Fsp3) is 0.185. The molecule has 0 fully saturated rings. The van der Waals surface area contributed by atoms with Crippen LogP contribution in [0.3, 0.4) is 0 Å². The van der Waals surface area contributed by atoms with E-state index in [4.69, 9.17) is 4.74 Å². The average molecular weight is 675 g/mol. The minimum atomic E-state index is -0.652. The summed E-state index contributed by atoms with van der Waals surface area (Å²) in [6, 6.07) is 13.1. The number of nitro benzene ring substituents is 1. The van der Waals surface area contributed by atoms with E-state index in [0.29, 0.717) is 38.9 Å². The van der Waals surface area contributed by atoms with Gasteiger partial charge in [0.25, 0.3) is 11.5 Å². The van der Waals surface area contributed by atoms with Crippen molar-refractivity contribution in [1.29, 1.82) is 0 Å². The summed E-state index contributed by atoms with van der Waals surface area (Å²) in [5.74, 6) is -0.838. The van der Waals surface area contributed by atoms with Crippen molar-refractivity contribution in [2.75, 3.05) is 11.9 Å². The number of nitrogens with zero attached hydrogens (tertiary/aromatic N) is 4. The SMILES string of the molecule is CC[C@@H](C)c1nc2ccc(Br)cc2c(=O)n1N=Cc1cc(Br)c(OCC(=O)Nc2ccc(F)cc2)c([N+](=O)[O-])c1. The van der Waals surface area contributed by atoms with Crippen LogP contribution in [0.15, 0.2) is 73.4 Å². The number of carbonyl (C=O) groups excluding carboxylic acids is 1. The first-order valence-electron chi connectivity index (χ1n) is 12.0. The molecular formula is C27H22Br2FN5O5. The van der Waals surface area contributed by atoms with Crippen LogP contribution in [0.1, 0.15) is 37.6 Å². The lowest BCUT2D eigenvalue weighted by atomic mass is 10.1. The molecular weight excluding hydrogens is 653 g/mol. The van der Waals surface area contributed by atoms with Crippen molar-refractivity contribution in [2.24, 2.45) is 5.10 Å². The number of nitro groups is 1. The number of carbonyl (C=O) groups is 1. The average Bonchev–Trinajstić information content (AvgIpc) is 2.92. The number of fused-ring (bicyclic) bond motifs is 1. The van der Waals surface area contributed by atoms with Crippen LogP contribution in [-0.4, -0.2) is 33.3 Å². The lowest BCUT2D eigenvalue weighted by Crippen LogP contribution is -2.23. The highest BCUT2D eigenvalue weighted by Gasteiger charge is 2.22. The molecule has 1 amide bonds. The Morgan fingerprint density at radius 2 is 1.95 bits per heavy atom. The number of rotatable bonds is 9. The smallest absolute Gasteiger partial charge is 0.312 e. The molecule has 10 nitrogen and oxygen atoms in total. The van der Waals surface area contributed by atoms with Gasteiger partial charge in [-0.2, -0.15) is 9.78 Å². The van der Waals surface area contributed by atoms with Gasteiger partial charge in [-0.3, -0.25) is 19.7 Å². The molecule has 206 valence electrons. The first-order chi connectivity index (χ1) is 19.1. The molecule has 0 unspecified atom stereocenters. The Morgan fingerprint density at radius 3 is 2.62 bits per heavy atom. The van der Waals surface area contributed by atoms with Gasteiger partial charge in [-0.1, -0.05) is 29.8 Å². The first-order valence-corrected chi connectivity index (χ1v) is 13.6. The molecule has 1 atom stereocenters. The number of aromatic nitrogens is 2. The number of benzene rings is 3. The maximum absolute atomic E-state index is 13.3. The maximum Gasteiger partial charge on any atom is 0.312 e. The Morgan fingerprint density at radius 1 is 1.23 bits per heavy atom. The van der Waals surface area contributed by atoms with E-state index in [-0.39, 0.29) is 21.7 Å². The summed E-state index contributed by atoms with van der Waals surface area (Å²) in [7, 11) is 0. The van der Waals surface area contributed by atoms with Gasteiger partial charge in [-0.05, 0) is 70.9 Å². The lowest BCUT2D eigenvalue weighted by molar-refractivity contribution is -0.385. The third kappa shape index (κ3) is 6.59. The van der Waals surface area contributed by atoms with Crippen molar-refractivity contribution in [3.63, 3.8) is 0 Å². The minimum absolute atomic E-state index is 0.0872. The highest BCUT2D eigenvalue weighted by molar-refractivity contribution is 9.10. The molecule has 0 radical (unpaired) electrons. The van der Waals surface area contributed by atoms with E-state index in [1.54, 1.807) is 18.2 Å². The van der Waals surface area contributed by atoms with Gasteiger partial charge < -0.3 is 10.1 Å². The van der Waals surface area contributed by atoms with Gasteiger partial charge in [0.15, 0.2) is 6.61 Å². The van der Waals surface area contributed by atoms with E-state index in [1.807, 2.05) is 13.8 Å². The van der Waals surface area contributed by atoms with Crippen LogP contribution in [0.25, 0.3) is 10.9 Å². The molecule has 3 aromatic carbocycles. The van der Waals surface area contributed by atoms with Gasteiger partial charge in [0.2, 0.25) is 5.75 Å². The van der Waals surface area contributed by atoms with Crippen LogP contribution in [-0.2, 0) is 4.79 Å². The standard InChI is InChI=1S/C27H22Br2FN5O5/c1-3-15(2)26-33-22-9-4-17(28)12-20(22)27(37)34(26)31-13-16-10-21(29)25(23(11-16)35(38)39)40-14-24(36)32-19-7-5-18(30)6-8-19/h4-13,15H,3,14H2,1-2H3,(H,32,36)/t15-/m1/s1. The molecule has 0 aliphatic rings. The summed E-state index contributed by atoms with van der Waals surface area (Å²) in [5, 5.41) is 19.1. The monoisotopic (exact) mass is 673 g/mol. The highest BCUT2D eigenvalue weighted by atomic mass is 79.9. The highest BCUT2D eigenvalue weighted by Crippen LogP contribution is 2.36. The van der Waals surface area contributed by atoms with E-state index in [9.17, 15) is 24.1 Å². The summed E-state index contributed by atoms with van der Waals surface area (Å²) in [4.78, 5) is 41.4. The zero-order chi connectivity index (χ0) is 29.0. The molecule has 4 rings (SSSR count). The molecule has 1 N–H and O–H groups in total. The predicted octanol–water partition coefficient (Wildman–Crippen LogP) is 6.38. The second-order valence-corrected chi connectivity index (χ2v) is 10.5. The zero-order valence-corrected chi connectivity index (χ0v) is 24.4. The van der Waals surface area contributed by atoms with Crippen molar-refractivity contribution in [3.05, 3.63) is 101 Å². The molecule has 40 heavy (non-hydrogen) atoms. The van der Waals surface area contributed by atoms with Crippen LogP contribution in [0.5, 0.6) is 5.75 Å². The van der Waals surface area contributed by atoms with Crippen molar-refractivity contribution in [1.82, 2.24) is 9.66 Å². The maximum atomic E-state index is 13.3. The number of amides is 1. The summed E-state index contributed by atoms with van der Waals surface area (Å²) < 4.78 is 20.6. The Bertz CT molecular complexity index is 1690. The first kappa shape index (κ1) is 29.0. The van der Waals surface area contributed by atoms with Crippen molar-refractivity contribution >= 4 is 66.3 Å². The molecule has 0 saturated heterocycles. The fourth-order valence-corrected chi connectivity index (χ4v) is 4.67. The van der Waals surface area contributed by atoms with Crippen LogP contribution in [0.2, 0.25) is 0 Å². The third-order valence-electron chi connectivity index (χ3n) is 5.93. The van der Waals surface area contributed by atoms with Gasteiger partial charge in [-0.25, -0.2) is 9.37 Å². The van der Waals surface area contributed by atoms with Crippen molar-refractivity contribution < 1.29 is 18.8 Å². The van der Waals surface area contributed by atoms with E-state index in [0.717, 1.165) is 0 Å². The predicted molar refractivity (Wildman–Crippen MR) is 157 cm³/mol. The van der Waals surface area contributed by atoms with Gasteiger partial charge in [-0.15, -0.1) is 0 Å². The quantitative estimate of drug-likeness (QED) is 0.125. The number of hydrogen-bond donors (Lipinski definition) is 1. The number of nitrogens with one attached hydrogen (secondary N) is 1. The van der Waals surface area contributed by atoms with Crippen molar-refractivity contribution in [3.8, 4) is 5.75 Å². The number of halogens is 3. The van der Waals surface area contributed by atoms with Gasteiger partial charge in [0.1, 0.15) is 11.6 Å². The largest absolute Gasteiger partial charge is 0.476 e. The molecule has 0 bridgehead atoms. The van der Waals surface area contributed by atoms with E-state index in [2.05, 4.69) is 47.3 Å². The molecule has 0 saturated carbocycles. The van der Waals surface area contributed by atoms with Gasteiger partial charge >= 0.3 is 5.69 Å². The molecule has 0 aliphatic heterocycles. The Kier molecular flexibility index (Phi) is 9.05. The molecule has 1 aromatic heterocycles. The number of hydrogen-bond acceptors (Lipinski definition) is 7. The van der Waals surface area contributed by atoms with Crippen LogP contribution in [0.4, 0.5) is 15.8 Å². The summed E-state index contributed by atoms with van der Waals surface area (Å²) in [5.41, 5.74) is 0.396. The van der Waals surface area contributed by atoms with Crippen LogP contribution in [0, 0.1) is 15.9 Å². The Hall–Kier alpha value is -3.97. The number of anilines is 1. The van der Waals surface area contributed by atoms with Crippen LogP contribution >= 0.6 is 31.9 Å². The summed E-state index contributed by atoms with van der Waals surface area (Å²) in [6.45, 7) is 3.37. The topological polar surface area (TPSA) is 129 Å². The van der Waals surface area contributed by atoms with Crippen molar-refractivity contribution in [2.45, 2.75) is 26.2 Å². The molecule has 1 heterocycles. The Balaban J connectivity index is 1.64. The van der Waals surface area contributed by atoms with E-state index < -0.39 is 28.9 Å². The van der Waals surface area contributed by atoms with E-state index in [1.165, 1.54) is 47.3 Å². The van der Waals surface area contributed by atoms with E-state index >= 15 is 0 Å². The normalized spacial score (nSPS) is 12.0. The Labute approximate surface area is 244 Å². The molecule has 4 aromatic rings. The molecule has 13 heteroatoms. The number of ether oxygens (including phenoxy) is 1. The lowest BCUT2D eigenvalue weighted by Gasteiger charge is -2.14. The summed E-state index contributed by atoms with van der Waals surface area (Å²) in [6.07, 6.45) is 2.03. The molecule has 0 aliphatic carbocycles. The van der Waals surface area contributed by atoms with Crippen LogP contribution < -0.4 is 15.6 Å². The zero-order valence-electron chi connectivity index (χ0n) is 21.2. The fourth-order valence-electron chi connectivity index (χ4n) is 3.72. The molecule has 0 spiro atoms. The minimum Gasteiger partial charge on any atom is -0.476 e. The van der Waals surface area contributed by atoms with Gasteiger partial charge in [0.05, 0.1) is 26.5 Å². The second-order valence-electron chi connectivity index (χ2n) is 8.75. The van der Waals surface area contributed by atoms with Gasteiger partial charge in [0, 0.05) is 27.7 Å². The third-order valence-corrected chi connectivity index (χ3v) is 7.01. The summed E-state index contributed by atoms with van der Waals surface area (Å²) >= 11 is 6.64.